The maximum absolute atomic E-state index is 3.49. The number of rotatable bonds is 3. The van der Waals surface area contributed by atoms with E-state index in [4.69, 9.17) is 0 Å². The Morgan fingerprint density at radius 1 is 1.38 bits per heavy atom. The SMILES string of the molecule is CNCC1CCN(C)C1c1ccc(Br)cc1. The third-order valence-electron chi connectivity index (χ3n) is 3.45. The Balaban J connectivity index is 2.19. The van der Waals surface area contributed by atoms with Gasteiger partial charge in [0.2, 0.25) is 0 Å². The van der Waals surface area contributed by atoms with Crippen molar-refractivity contribution in [2.24, 2.45) is 5.92 Å². The molecule has 2 rings (SSSR count). The molecule has 1 aromatic carbocycles. The van der Waals surface area contributed by atoms with Crippen molar-refractivity contribution in [3.05, 3.63) is 34.3 Å². The predicted octanol–water partition coefficient (Wildman–Crippen LogP) is 2.66. The molecule has 2 unspecified atom stereocenters. The molecule has 0 saturated carbocycles. The van der Waals surface area contributed by atoms with E-state index in [1.807, 2.05) is 7.05 Å². The van der Waals surface area contributed by atoms with Crippen molar-refractivity contribution in [1.29, 1.82) is 0 Å². The van der Waals surface area contributed by atoms with Crippen molar-refractivity contribution < 1.29 is 0 Å². The van der Waals surface area contributed by atoms with Gasteiger partial charge in [-0.1, -0.05) is 28.1 Å². The summed E-state index contributed by atoms with van der Waals surface area (Å²) in [5, 5.41) is 3.31. The molecule has 1 N–H and O–H groups in total. The molecule has 3 heteroatoms. The summed E-state index contributed by atoms with van der Waals surface area (Å²) in [7, 11) is 4.26. The van der Waals surface area contributed by atoms with Gasteiger partial charge in [-0.25, -0.2) is 0 Å². The van der Waals surface area contributed by atoms with Crippen LogP contribution in [0.1, 0.15) is 18.0 Å². The molecule has 1 aliphatic rings. The number of hydrogen-bond donors (Lipinski definition) is 1. The van der Waals surface area contributed by atoms with Crippen LogP contribution in [0.15, 0.2) is 28.7 Å². The molecule has 16 heavy (non-hydrogen) atoms. The van der Waals surface area contributed by atoms with E-state index >= 15 is 0 Å². The zero-order valence-electron chi connectivity index (χ0n) is 9.91. The maximum Gasteiger partial charge on any atom is 0.0385 e. The Morgan fingerprint density at radius 3 is 2.69 bits per heavy atom. The second-order valence-electron chi connectivity index (χ2n) is 4.58. The van der Waals surface area contributed by atoms with Gasteiger partial charge in [-0.15, -0.1) is 0 Å². The van der Waals surface area contributed by atoms with Crippen LogP contribution in [-0.4, -0.2) is 32.1 Å². The molecular formula is C13H19BrN2. The van der Waals surface area contributed by atoms with Gasteiger partial charge in [0.1, 0.15) is 0 Å². The summed E-state index contributed by atoms with van der Waals surface area (Å²) >= 11 is 3.49. The van der Waals surface area contributed by atoms with E-state index < -0.39 is 0 Å². The van der Waals surface area contributed by atoms with Crippen LogP contribution < -0.4 is 5.32 Å². The minimum absolute atomic E-state index is 0.570. The fraction of sp³-hybridized carbons (Fsp3) is 0.538. The molecule has 1 aliphatic heterocycles. The van der Waals surface area contributed by atoms with Crippen LogP contribution in [0.25, 0.3) is 0 Å². The van der Waals surface area contributed by atoms with E-state index in [-0.39, 0.29) is 0 Å². The monoisotopic (exact) mass is 282 g/mol. The van der Waals surface area contributed by atoms with Gasteiger partial charge in [0.25, 0.3) is 0 Å². The lowest BCUT2D eigenvalue weighted by Crippen LogP contribution is -2.26. The van der Waals surface area contributed by atoms with Crippen LogP contribution in [-0.2, 0) is 0 Å². The lowest BCUT2D eigenvalue weighted by molar-refractivity contribution is 0.274. The molecule has 0 spiro atoms. The molecule has 0 aromatic heterocycles. The van der Waals surface area contributed by atoms with Crippen molar-refractivity contribution in [3.8, 4) is 0 Å². The van der Waals surface area contributed by atoms with E-state index in [0.29, 0.717) is 6.04 Å². The summed E-state index contributed by atoms with van der Waals surface area (Å²) in [6, 6.07) is 9.31. The summed E-state index contributed by atoms with van der Waals surface area (Å²) in [6.45, 7) is 2.30. The Bertz CT molecular complexity index is 334. The normalized spacial score (nSPS) is 26.2. The molecule has 2 nitrogen and oxygen atoms in total. The molecule has 0 amide bonds. The first-order valence-corrected chi connectivity index (χ1v) is 6.62. The lowest BCUT2D eigenvalue weighted by atomic mass is 9.94. The highest BCUT2D eigenvalue weighted by molar-refractivity contribution is 9.10. The topological polar surface area (TPSA) is 15.3 Å². The van der Waals surface area contributed by atoms with Crippen LogP contribution >= 0.6 is 15.9 Å². The van der Waals surface area contributed by atoms with Crippen LogP contribution in [0.2, 0.25) is 0 Å². The van der Waals surface area contributed by atoms with E-state index in [1.54, 1.807) is 0 Å². The second-order valence-corrected chi connectivity index (χ2v) is 5.50. The summed E-state index contributed by atoms with van der Waals surface area (Å²) in [5.74, 6) is 0.733. The number of hydrogen-bond acceptors (Lipinski definition) is 2. The van der Waals surface area contributed by atoms with E-state index in [9.17, 15) is 0 Å². The smallest absolute Gasteiger partial charge is 0.0385 e. The predicted molar refractivity (Wildman–Crippen MR) is 71.5 cm³/mol. The highest BCUT2D eigenvalue weighted by Crippen LogP contribution is 2.35. The fourth-order valence-corrected chi connectivity index (χ4v) is 2.95. The third-order valence-corrected chi connectivity index (χ3v) is 3.98. The number of benzene rings is 1. The highest BCUT2D eigenvalue weighted by Gasteiger charge is 2.32. The summed E-state index contributed by atoms with van der Waals surface area (Å²) in [5.41, 5.74) is 1.43. The van der Waals surface area contributed by atoms with Gasteiger partial charge in [-0.3, -0.25) is 4.90 Å². The van der Waals surface area contributed by atoms with Gasteiger partial charge < -0.3 is 5.32 Å². The Kier molecular flexibility index (Phi) is 4.00. The number of nitrogens with one attached hydrogen (secondary N) is 1. The van der Waals surface area contributed by atoms with Gasteiger partial charge in [0.15, 0.2) is 0 Å². The molecular weight excluding hydrogens is 264 g/mol. The molecule has 1 fully saturated rings. The van der Waals surface area contributed by atoms with Gasteiger partial charge in [0, 0.05) is 10.5 Å². The Hall–Kier alpha value is -0.380. The van der Waals surface area contributed by atoms with Crippen LogP contribution in [0.5, 0.6) is 0 Å². The summed E-state index contributed by atoms with van der Waals surface area (Å²) in [6.07, 6.45) is 1.29. The maximum atomic E-state index is 3.49. The van der Waals surface area contributed by atoms with Gasteiger partial charge in [-0.05, 0) is 57.2 Å². The third kappa shape index (κ3) is 2.47. The molecule has 0 radical (unpaired) electrons. The summed E-state index contributed by atoms with van der Waals surface area (Å²) < 4.78 is 1.15. The fourth-order valence-electron chi connectivity index (χ4n) is 2.69. The minimum atomic E-state index is 0.570. The Labute approximate surface area is 106 Å². The zero-order valence-corrected chi connectivity index (χ0v) is 11.5. The zero-order chi connectivity index (χ0) is 11.5. The molecule has 1 saturated heterocycles. The van der Waals surface area contributed by atoms with Crippen molar-refractivity contribution in [2.75, 3.05) is 27.2 Å². The first-order chi connectivity index (χ1) is 7.72. The minimum Gasteiger partial charge on any atom is -0.319 e. The van der Waals surface area contributed by atoms with Gasteiger partial charge in [0.05, 0.1) is 0 Å². The molecule has 0 aliphatic carbocycles. The molecule has 88 valence electrons. The molecule has 0 bridgehead atoms. The van der Waals surface area contributed by atoms with Crippen LogP contribution in [0.4, 0.5) is 0 Å². The van der Waals surface area contributed by atoms with Crippen molar-refractivity contribution in [2.45, 2.75) is 12.5 Å². The van der Waals surface area contributed by atoms with Crippen LogP contribution in [0.3, 0.4) is 0 Å². The average molecular weight is 283 g/mol. The van der Waals surface area contributed by atoms with E-state index in [0.717, 1.165) is 16.9 Å². The van der Waals surface area contributed by atoms with E-state index in [2.05, 4.69) is 57.5 Å². The van der Waals surface area contributed by atoms with Gasteiger partial charge >= 0.3 is 0 Å². The first-order valence-electron chi connectivity index (χ1n) is 5.82. The highest BCUT2D eigenvalue weighted by atomic mass is 79.9. The Morgan fingerprint density at radius 2 is 2.06 bits per heavy atom. The van der Waals surface area contributed by atoms with Crippen molar-refractivity contribution >= 4 is 15.9 Å². The average Bonchev–Trinajstić information content (AvgIpc) is 2.62. The lowest BCUT2D eigenvalue weighted by Gasteiger charge is -2.25. The van der Waals surface area contributed by atoms with Crippen molar-refractivity contribution in [3.63, 3.8) is 0 Å². The van der Waals surface area contributed by atoms with Crippen molar-refractivity contribution in [1.82, 2.24) is 10.2 Å². The second kappa shape index (κ2) is 5.30. The standard InChI is InChI=1S/C13H19BrN2/c1-15-9-11-7-8-16(2)13(11)10-3-5-12(14)6-4-10/h3-6,11,13,15H,7-9H2,1-2H3. The first kappa shape index (κ1) is 12.1. The largest absolute Gasteiger partial charge is 0.319 e. The number of likely N-dealkylation sites (tertiary alicyclic amines) is 1. The number of nitrogens with zero attached hydrogens (tertiary/aromatic N) is 1. The quantitative estimate of drug-likeness (QED) is 0.917. The molecule has 2 atom stereocenters. The molecule has 1 heterocycles. The molecule has 1 aromatic rings. The van der Waals surface area contributed by atoms with Crippen LogP contribution in [0, 0.1) is 5.92 Å². The van der Waals surface area contributed by atoms with Gasteiger partial charge in [-0.2, -0.15) is 0 Å². The summed E-state index contributed by atoms with van der Waals surface area (Å²) in [4.78, 5) is 2.46. The van der Waals surface area contributed by atoms with E-state index in [1.165, 1.54) is 18.5 Å². The number of halogens is 1.